The first-order valence-corrected chi connectivity index (χ1v) is 10.5. The molecule has 0 aromatic heterocycles. The van der Waals surface area contributed by atoms with E-state index in [-0.39, 0.29) is 17.7 Å². The summed E-state index contributed by atoms with van der Waals surface area (Å²) in [5.74, 6) is -2.17. The molecule has 1 aliphatic heterocycles. The van der Waals surface area contributed by atoms with Crippen LogP contribution in [0.2, 0.25) is 5.02 Å². The second kappa shape index (κ2) is 6.28. The monoisotopic (exact) mass is 428 g/mol. The molecule has 152 valence electrons. The van der Waals surface area contributed by atoms with E-state index in [1.165, 1.54) is 11.1 Å². The molecule has 2 amide bonds. The Morgan fingerprint density at radius 2 is 1.45 bits per heavy atom. The molecule has 2 bridgehead atoms. The number of hydrogen-bond donors (Lipinski definition) is 1. The largest absolute Gasteiger partial charge is 0.411 e. The number of nitrogens with zero attached hydrogens (tertiary/aromatic N) is 2. The van der Waals surface area contributed by atoms with E-state index < -0.39 is 17.3 Å². The molecule has 3 aromatic carbocycles. The highest BCUT2D eigenvalue weighted by Gasteiger charge is 2.68. The Balaban J connectivity index is 1.68. The minimum atomic E-state index is -1.04. The summed E-state index contributed by atoms with van der Waals surface area (Å²) >= 11 is 6.38. The van der Waals surface area contributed by atoms with E-state index in [0.29, 0.717) is 10.7 Å². The van der Waals surface area contributed by atoms with Gasteiger partial charge < -0.3 is 5.21 Å². The third-order valence-electron chi connectivity index (χ3n) is 7.04. The van der Waals surface area contributed by atoms with Crippen LogP contribution in [0.4, 0.5) is 5.69 Å². The van der Waals surface area contributed by atoms with Crippen molar-refractivity contribution in [2.75, 3.05) is 4.90 Å². The molecule has 7 rings (SSSR count). The van der Waals surface area contributed by atoms with Crippen molar-refractivity contribution in [2.24, 2.45) is 17.0 Å². The summed E-state index contributed by atoms with van der Waals surface area (Å²) in [5.41, 5.74) is 3.13. The van der Waals surface area contributed by atoms with Crippen molar-refractivity contribution in [1.82, 2.24) is 0 Å². The molecule has 0 radical (unpaired) electrons. The van der Waals surface area contributed by atoms with Gasteiger partial charge in [0.25, 0.3) is 0 Å². The lowest BCUT2D eigenvalue weighted by Gasteiger charge is -2.52. The number of oxime groups is 1. The summed E-state index contributed by atoms with van der Waals surface area (Å²) in [5, 5.41) is 13.5. The minimum Gasteiger partial charge on any atom is -0.411 e. The fourth-order valence-corrected chi connectivity index (χ4v) is 6.23. The lowest BCUT2D eigenvalue weighted by Crippen LogP contribution is -2.54. The zero-order chi connectivity index (χ0) is 21.3. The van der Waals surface area contributed by atoms with Gasteiger partial charge in [0.15, 0.2) is 0 Å². The minimum absolute atomic E-state index is 0.254. The number of hydrogen-bond acceptors (Lipinski definition) is 4. The highest BCUT2D eigenvalue weighted by atomic mass is 35.5. The van der Waals surface area contributed by atoms with E-state index in [4.69, 9.17) is 11.6 Å². The van der Waals surface area contributed by atoms with Crippen molar-refractivity contribution in [3.8, 4) is 0 Å². The number of anilines is 1. The van der Waals surface area contributed by atoms with Gasteiger partial charge in [0, 0.05) is 5.92 Å². The molecule has 3 aliphatic carbocycles. The maximum Gasteiger partial charge on any atom is 0.239 e. The molecule has 1 N–H and O–H groups in total. The van der Waals surface area contributed by atoms with Crippen LogP contribution in [0.25, 0.3) is 0 Å². The summed E-state index contributed by atoms with van der Waals surface area (Å²) in [6.07, 6.45) is 1.43. The normalized spacial score (nSPS) is 28.0. The second-order valence-electron chi connectivity index (χ2n) is 8.23. The summed E-state index contributed by atoms with van der Waals surface area (Å²) in [7, 11) is 0. The molecule has 6 heteroatoms. The number of benzene rings is 3. The van der Waals surface area contributed by atoms with Crippen molar-refractivity contribution in [1.29, 1.82) is 0 Å². The summed E-state index contributed by atoms with van der Waals surface area (Å²) in [4.78, 5) is 28.9. The van der Waals surface area contributed by atoms with Crippen LogP contribution in [0.3, 0.4) is 0 Å². The third-order valence-corrected chi connectivity index (χ3v) is 7.36. The van der Waals surface area contributed by atoms with Crippen molar-refractivity contribution in [3.05, 3.63) is 100 Å². The number of para-hydroxylation sites is 1. The van der Waals surface area contributed by atoms with E-state index in [1.54, 1.807) is 24.3 Å². The molecule has 0 saturated carbocycles. The predicted molar refractivity (Wildman–Crippen MR) is 117 cm³/mol. The molecule has 5 nitrogen and oxygen atoms in total. The van der Waals surface area contributed by atoms with Gasteiger partial charge in [-0.15, -0.1) is 5.16 Å². The lowest BCUT2D eigenvalue weighted by atomic mass is 9.47. The third kappa shape index (κ3) is 2.09. The maximum atomic E-state index is 13.9. The standard InChI is InChI=1S/C25H17ClN2O3/c26-18-11-5-6-12-19(18)28-23(29)21-20-14-7-1-3-9-16(14)25(13-27-31,22(21)24(28)30)17-10-4-2-8-15(17)20/h1-13,20-22,31H/b27-13-/t20?,21-,22+,25?/m1/s1. The van der Waals surface area contributed by atoms with E-state index in [0.717, 1.165) is 22.3 Å². The van der Waals surface area contributed by atoms with E-state index >= 15 is 0 Å². The van der Waals surface area contributed by atoms with Crippen LogP contribution < -0.4 is 4.90 Å². The molecule has 31 heavy (non-hydrogen) atoms. The Morgan fingerprint density at radius 3 is 2.06 bits per heavy atom. The topological polar surface area (TPSA) is 70.0 Å². The fraction of sp³-hybridized carbons (Fsp3) is 0.160. The average Bonchev–Trinajstić information content (AvgIpc) is 3.06. The Labute approximate surface area is 183 Å². The van der Waals surface area contributed by atoms with Crippen molar-refractivity contribution >= 4 is 35.3 Å². The smallest absolute Gasteiger partial charge is 0.239 e. The molecule has 4 aliphatic rings. The lowest BCUT2D eigenvalue weighted by molar-refractivity contribution is -0.122. The second-order valence-corrected chi connectivity index (χ2v) is 8.64. The van der Waals surface area contributed by atoms with Crippen LogP contribution in [0, 0.1) is 11.8 Å². The Kier molecular flexibility index (Phi) is 3.72. The molecule has 0 spiro atoms. The van der Waals surface area contributed by atoms with Gasteiger partial charge in [-0.25, -0.2) is 4.90 Å². The van der Waals surface area contributed by atoms with E-state index in [9.17, 15) is 14.8 Å². The first-order chi connectivity index (χ1) is 15.1. The van der Waals surface area contributed by atoms with Gasteiger partial charge in [-0.3, -0.25) is 9.59 Å². The molecule has 2 atom stereocenters. The van der Waals surface area contributed by atoms with Gasteiger partial charge in [-0.1, -0.05) is 72.3 Å². The zero-order valence-electron chi connectivity index (χ0n) is 16.3. The number of amides is 2. The van der Waals surface area contributed by atoms with Crippen LogP contribution in [0.5, 0.6) is 0 Å². The highest BCUT2D eigenvalue weighted by Crippen LogP contribution is 2.63. The number of halogens is 1. The van der Waals surface area contributed by atoms with Crippen molar-refractivity contribution < 1.29 is 14.8 Å². The molecule has 1 heterocycles. The zero-order valence-corrected chi connectivity index (χ0v) is 17.0. The van der Waals surface area contributed by atoms with Gasteiger partial charge in [0.2, 0.25) is 11.8 Å². The van der Waals surface area contributed by atoms with Crippen LogP contribution in [-0.2, 0) is 15.0 Å². The summed E-state index contributed by atoms with van der Waals surface area (Å²) < 4.78 is 0. The molecular weight excluding hydrogens is 412 g/mol. The quantitative estimate of drug-likeness (QED) is 0.285. The molecule has 3 aromatic rings. The Hall–Kier alpha value is -3.44. The molecular formula is C25H17ClN2O3. The fourth-order valence-electron chi connectivity index (χ4n) is 6.01. The number of carbonyl (C=O) groups is 2. The number of imide groups is 1. The van der Waals surface area contributed by atoms with Crippen LogP contribution >= 0.6 is 11.6 Å². The maximum absolute atomic E-state index is 13.9. The van der Waals surface area contributed by atoms with E-state index in [2.05, 4.69) is 5.16 Å². The molecule has 0 unspecified atom stereocenters. The van der Waals surface area contributed by atoms with Crippen molar-refractivity contribution in [3.63, 3.8) is 0 Å². The van der Waals surface area contributed by atoms with Gasteiger partial charge >= 0.3 is 0 Å². The van der Waals surface area contributed by atoms with Crippen LogP contribution in [-0.4, -0.2) is 23.2 Å². The van der Waals surface area contributed by atoms with Gasteiger partial charge in [-0.05, 0) is 34.4 Å². The first-order valence-electron chi connectivity index (χ1n) is 10.1. The first kappa shape index (κ1) is 18.3. The number of rotatable bonds is 2. The van der Waals surface area contributed by atoms with Gasteiger partial charge in [0.05, 0.1) is 34.2 Å². The predicted octanol–water partition coefficient (Wildman–Crippen LogP) is 4.35. The van der Waals surface area contributed by atoms with Crippen LogP contribution in [0.1, 0.15) is 28.2 Å². The Bertz CT molecular complexity index is 1250. The highest BCUT2D eigenvalue weighted by molar-refractivity contribution is 6.36. The number of carbonyl (C=O) groups excluding carboxylic acids is 2. The SMILES string of the molecule is O=C1[C@@H]2C3c4ccccc4C(/C=N\O)(c4ccccc43)[C@@H]2C(=O)N1c1ccccc1Cl. The van der Waals surface area contributed by atoms with Gasteiger partial charge in [-0.2, -0.15) is 0 Å². The Morgan fingerprint density at radius 1 is 0.871 bits per heavy atom. The van der Waals surface area contributed by atoms with Crippen LogP contribution in [0.15, 0.2) is 78.0 Å². The van der Waals surface area contributed by atoms with E-state index in [1.807, 2.05) is 48.5 Å². The molecule has 1 saturated heterocycles. The van der Waals surface area contributed by atoms with Crippen molar-refractivity contribution in [2.45, 2.75) is 11.3 Å². The van der Waals surface area contributed by atoms with Gasteiger partial charge in [0.1, 0.15) is 0 Å². The summed E-state index contributed by atoms with van der Waals surface area (Å²) in [6.45, 7) is 0. The molecule has 1 fully saturated rings. The average molecular weight is 429 g/mol. The summed E-state index contributed by atoms with van der Waals surface area (Å²) in [6, 6.07) is 22.5.